The van der Waals surface area contributed by atoms with Gasteiger partial charge in [0.05, 0.1) is 0 Å². The van der Waals surface area contributed by atoms with Crippen molar-refractivity contribution in [2.75, 3.05) is 19.6 Å². The number of ether oxygens (including phenoxy) is 1. The second-order valence-corrected chi connectivity index (χ2v) is 8.43. The summed E-state index contributed by atoms with van der Waals surface area (Å²) >= 11 is 0. The van der Waals surface area contributed by atoms with E-state index in [4.69, 9.17) is 4.74 Å². The van der Waals surface area contributed by atoms with Crippen molar-refractivity contribution in [1.29, 1.82) is 0 Å². The number of rotatable bonds is 7. The van der Waals surface area contributed by atoms with E-state index in [0.717, 1.165) is 43.8 Å². The van der Waals surface area contributed by atoms with E-state index in [1.54, 1.807) is 16.1 Å². The third-order valence-corrected chi connectivity index (χ3v) is 6.50. The molecule has 1 aromatic carbocycles. The molecule has 1 saturated heterocycles. The number of hydrogen-bond acceptors (Lipinski definition) is 5. The van der Waals surface area contributed by atoms with Gasteiger partial charge < -0.3 is 14.2 Å². The highest BCUT2D eigenvalue weighted by atomic mass is 16.5. The van der Waals surface area contributed by atoms with Crippen molar-refractivity contribution in [3.63, 3.8) is 0 Å². The zero-order valence-electron chi connectivity index (χ0n) is 20.0. The molecule has 0 N–H and O–H groups in total. The number of aryl methyl sites for hydroxylation is 2. The van der Waals surface area contributed by atoms with Crippen LogP contribution in [-0.4, -0.2) is 49.3 Å². The lowest BCUT2D eigenvalue weighted by Crippen LogP contribution is -2.39. The van der Waals surface area contributed by atoms with E-state index in [1.807, 2.05) is 50.4 Å². The Hall–Kier alpha value is -3.13. The maximum atomic E-state index is 12.8. The Labute approximate surface area is 193 Å². The highest BCUT2D eigenvalue weighted by Crippen LogP contribution is 2.20. The fourth-order valence-electron chi connectivity index (χ4n) is 4.46. The third kappa shape index (κ3) is 4.53. The minimum atomic E-state index is -0.318. The van der Waals surface area contributed by atoms with E-state index in [1.165, 1.54) is 4.57 Å². The normalized spacial score (nSPS) is 15.6. The monoisotopic (exact) mass is 451 g/mol. The van der Waals surface area contributed by atoms with Gasteiger partial charge in [0.2, 0.25) is 0 Å². The molecule has 0 atom stereocenters. The topological polar surface area (TPSA) is 74.3 Å². The SMILES string of the molecule is CCN1CCC(Oc2ccc(C=Cc3nc4c(c(=O)n(CC)c(=O)n4CC)n3C)cc2)CC1. The van der Waals surface area contributed by atoms with E-state index in [9.17, 15) is 9.59 Å². The summed E-state index contributed by atoms with van der Waals surface area (Å²) in [6, 6.07) is 8.02. The van der Waals surface area contributed by atoms with Crippen molar-refractivity contribution in [1.82, 2.24) is 23.6 Å². The van der Waals surface area contributed by atoms with Crippen LogP contribution in [0.1, 0.15) is 45.0 Å². The lowest BCUT2D eigenvalue weighted by atomic mass is 10.1. The van der Waals surface area contributed by atoms with Crippen LogP contribution in [0.25, 0.3) is 23.3 Å². The van der Waals surface area contributed by atoms with Crippen LogP contribution in [0.15, 0.2) is 33.9 Å². The zero-order valence-corrected chi connectivity index (χ0v) is 20.0. The van der Waals surface area contributed by atoms with Gasteiger partial charge in [-0.05, 0) is 57.0 Å². The highest BCUT2D eigenvalue weighted by molar-refractivity contribution is 5.76. The van der Waals surface area contributed by atoms with Crippen LogP contribution < -0.4 is 16.0 Å². The summed E-state index contributed by atoms with van der Waals surface area (Å²) in [6.45, 7) is 9.95. The van der Waals surface area contributed by atoms with Gasteiger partial charge in [-0.1, -0.05) is 25.1 Å². The molecule has 1 aliphatic heterocycles. The molecule has 0 aliphatic carbocycles. The smallest absolute Gasteiger partial charge is 0.332 e. The van der Waals surface area contributed by atoms with Gasteiger partial charge in [-0.25, -0.2) is 9.78 Å². The zero-order chi connectivity index (χ0) is 23.5. The maximum absolute atomic E-state index is 12.8. The van der Waals surface area contributed by atoms with Crippen molar-refractivity contribution in [3.05, 3.63) is 56.5 Å². The van der Waals surface area contributed by atoms with E-state index in [0.29, 0.717) is 30.1 Å². The van der Waals surface area contributed by atoms with Crippen LogP contribution in [0, 0.1) is 0 Å². The predicted octanol–water partition coefficient (Wildman–Crippen LogP) is 2.97. The number of benzene rings is 1. The summed E-state index contributed by atoms with van der Waals surface area (Å²) in [6.07, 6.45) is 6.22. The minimum Gasteiger partial charge on any atom is -0.490 e. The lowest BCUT2D eigenvalue weighted by Gasteiger charge is -2.31. The summed E-state index contributed by atoms with van der Waals surface area (Å²) < 4.78 is 10.7. The Bertz CT molecular complexity index is 1260. The van der Waals surface area contributed by atoms with E-state index < -0.39 is 0 Å². The quantitative estimate of drug-likeness (QED) is 0.552. The minimum absolute atomic E-state index is 0.275. The molecule has 3 heterocycles. The molecule has 1 aliphatic rings. The van der Waals surface area contributed by atoms with Crippen molar-refractivity contribution in [2.45, 2.75) is 52.8 Å². The molecular weight excluding hydrogens is 418 g/mol. The Balaban J connectivity index is 1.54. The Kier molecular flexibility index (Phi) is 6.83. The predicted molar refractivity (Wildman–Crippen MR) is 132 cm³/mol. The van der Waals surface area contributed by atoms with E-state index in [2.05, 4.69) is 16.8 Å². The Morgan fingerprint density at radius 3 is 2.24 bits per heavy atom. The second-order valence-electron chi connectivity index (χ2n) is 8.43. The molecule has 1 fully saturated rings. The number of piperidine rings is 1. The van der Waals surface area contributed by atoms with Gasteiger partial charge in [-0.3, -0.25) is 13.9 Å². The molecule has 8 nitrogen and oxygen atoms in total. The Morgan fingerprint density at radius 1 is 0.970 bits per heavy atom. The van der Waals surface area contributed by atoms with E-state index >= 15 is 0 Å². The first kappa shape index (κ1) is 23.0. The van der Waals surface area contributed by atoms with Crippen molar-refractivity contribution in [3.8, 4) is 5.75 Å². The van der Waals surface area contributed by atoms with Gasteiger partial charge in [0.15, 0.2) is 11.2 Å². The summed E-state index contributed by atoms with van der Waals surface area (Å²) in [4.78, 5) is 32.5. The first-order chi connectivity index (χ1) is 16.0. The molecule has 0 radical (unpaired) electrons. The van der Waals surface area contributed by atoms with Crippen LogP contribution >= 0.6 is 0 Å². The first-order valence-corrected chi connectivity index (χ1v) is 11.8. The van der Waals surface area contributed by atoms with Gasteiger partial charge >= 0.3 is 5.69 Å². The molecule has 0 saturated carbocycles. The largest absolute Gasteiger partial charge is 0.490 e. The average Bonchev–Trinajstić information content (AvgIpc) is 3.16. The summed E-state index contributed by atoms with van der Waals surface area (Å²) in [5.74, 6) is 1.51. The number of nitrogens with zero attached hydrogens (tertiary/aromatic N) is 5. The van der Waals surface area contributed by atoms with Crippen molar-refractivity contribution >= 4 is 23.3 Å². The molecule has 0 unspecified atom stereocenters. The fraction of sp³-hybridized carbons (Fsp3) is 0.480. The lowest BCUT2D eigenvalue weighted by molar-refractivity contribution is 0.104. The van der Waals surface area contributed by atoms with Gasteiger partial charge in [0.25, 0.3) is 5.56 Å². The van der Waals surface area contributed by atoms with Crippen molar-refractivity contribution in [2.24, 2.45) is 7.05 Å². The van der Waals surface area contributed by atoms with Gasteiger partial charge in [0.1, 0.15) is 17.7 Å². The molecule has 176 valence electrons. The van der Waals surface area contributed by atoms with Crippen molar-refractivity contribution < 1.29 is 4.74 Å². The highest BCUT2D eigenvalue weighted by Gasteiger charge is 2.19. The number of aromatic nitrogens is 4. The van der Waals surface area contributed by atoms with Crippen LogP contribution in [0.3, 0.4) is 0 Å². The maximum Gasteiger partial charge on any atom is 0.332 e. The fourth-order valence-corrected chi connectivity index (χ4v) is 4.46. The summed E-state index contributed by atoms with van der Waals surface area (Å²) in [5, 5.41) is 0. The Morgan fingerprint density at radius 2 is 1.64 bits per heavy atom. The van der Waals surface area contributed by atoms with Crippen LogP contribution in [0.2, 0.25) is 0 Å². The third-order valence-electron chi connectivity index (χ3n) is 6.50. The van der Waals surface area contributed by atoms with Gasteiger partial charge in [0, 0.05) is 33.2 Å². The number of fused-ring (bicyclic) bond motifs is 1. The van der Waals surface area contributed by atoms with E-state index in [-0.39, 0.29) is 17.4 Å². The molecule has 2 aromatic heterocycles. The summed E-state index contributed by atoms with van der Waals surface area (Å²) in [7, 11) is 1.81. The van der Waals surface area contributed by atoms with Gasteiger partial charge in [-0.2, -0.15) is 0 Å². The number of hydrogen-bond donors (Lipinski definition) is 0. The molecule has 0 amide bonds. The standard InChI is InChI=1S/C25H33N5O3/c1-5-28-16-14-20(15-17-28)33-19-11-8-18(9-12-19)10-13-21-26-23-22(27(21)4)24(31)30(7-3)25(32)29(23)6-2/h8-13,20H,5-7,14-17H2,1-4H3. The van der Waals surface area contributed by atoms with Gasteiger partial charge in [-0.15, -0.1) is 0 Å². The molecular formula is C25H33N5O3. The molecule has 33 heavy (non-hydrogen) atoms. The number of imidazole rings is 1. The molecule has 3 aromatic rings. The summed E-state index contributed by atoms with van der Waals surface area (Å²) in [5.41, 5.74) is 1.26. The molecule has 8 heteroatoms. The molecule has 0 spiro atoms. The van der Waals surface area contributed by atoms with Crippen LogP contribution in [0.4, 0.5) is 0 Å². The number of likely N-dealkylation sites (tertiary alicyclic amines) is 1. The van der Waals surface area contributed by atoms with Crippen LogP contribution in [-0.2, 0) is 20.1 Å². The second kappa shape index (κ2) is 9.79. The average molecular weight is 452 g/mol. The first-order valence-electron chi connectivity index (χ1n) is 11.8. The molecule has 4 rings (SSSR count). The van der Waals surface area contributed by atoms with Crippen LogP contribution in [0.5, 0.6) is 5.75 Å². The molecule has 0 bridgehead atoms.